The molecule has 0 spiro atoms. The van der Waals surface area contributed by atoms with E-state index in [1.807, 2.05) is 30.3 Å². The smallest absolute Gasteiger partial charge is 0.328 e. The van der Waals surface area contributed by atoms with Crippen LogP contribution in [0.4, 0.5) is 10.1 Å². The molecule has 1 aliphatic heterocycles. The van der Waals surface area contributed by atoms with Crippen LogP contribution in [0, 0.1) is 0 Å². The molecule has 0 bridgehead atoms. The molecule has 1 unspecified atom stereocenters. The summed E-state index contributed by atoms with van der Waals surface area (Å²) < 4.78 is 13.3. The number of nitrogens with zero attached hydrogens (tertiary/aromatic N) is 1. The molecule has 0 radical (unpaired) electrons. The number of nitrogens with one attached hydrogen (secondary N) is 5. The van der Waals surface area contributed by atoms with Gasteiger partial charge in [-0.3, -0.25) is 14.4 Å². The summed E-state index contributed by atoms with van der Waals surface area (Å²) >= 11 is 12.7. The topological polar surface area (TPSA) is 161 Å². The number of hydrogen-bond donors (Lipinski definition) is 6. The van der Waals surface area contributed by atoms with E-state index in [0.717, 1.165) is 5.56 Å². The fraction of sp³-hybridized carbons (Fsp3) is 0.233. The van der Waals surface area contributed by atoms with Crippen LogP contribution in [-0.4, -0.2) is 72.6 Å². The van der Waals surface area contributed by atoms with Crippen LogP contribution in [-0.2, 0) is 9.59 Å². The first kappa shape index (κ1) is 32.2. The Morgan fingerprint density at radius 3 is 2.32 bits per heavy atom. The summed E-state index contributed by atoms with van der Waals surface area (Å²) in [5.74, 6) is -3.12. The molecule has 3 aromatic carbocycles. The van der Waals surface area contributed by atoms with Gasteiger partial charge in [0, 0.05) is 17.8 Å². The fourth-order valence-corrected chi connectivity index (χ4v) is 4.85. The Morgan fingerprint density at radius 2 is 1.68 bits per heavy atom. The Hall–Kier alpha value is -4.68. The number of aliphatic imine (C=N–C) groups is 1. The van der Waals surface area contributed by atoms with Crippen molar-refractivity contribution in [1.29, 1.82) is 0 Å². The summed E-state index contributed by atoms with van der Waals surface area (Å²) in [6, 6.07) is 16.1. The highest BCUT2D eigenvalue weighted by Gasteiger charge is 2.26. The highest BCUT2D eigenvalue weighted by atomic mass is 35.5. The molecule has 3 amide bonds. The molecule has 6 N–H and O–H groups in total. The Balaban J connectivity index is 1.33. The highest BCUT2D eigenvalue weighted by Crippen LogP contribution is 2.31. The maximum atomic E-state index is 13.3. The first-order valence-electron chi connectivity index (χ1n) is 13.5. The van der Waals surface area contributed by atoms with Gasteiger partial charge >= 0.3 is 5.97 Å². The Morgan fingerprint density at radius 1 is 0.977 bits per heavy atom. The predicted octanol–water partition coefficient (Wildman–Crippen LogP) is 3.49. The normalized spacial score (nSPS) is 15.5. The van der Waals surface area contributed by atoms with Gasteiger partial charge in [-0.2, -0.15) is 0 Å². The molecule has 14 heteroatoms. The number of guanidine groups is 1. The van der Waals surface area contributed by atoms with Gasteiger partial charge in [-0.05, 0) is 48.4 Å². The number of carbonyl (C=O) groups excluding carboxylic acids is 3. The Kier molecular flexibility index (Phi) is 10.7. The Labute approximate surface area is 262 Å². The van der Waals surface area contributed by atoms with Crippen molar-refractivity contribution < 1.29 is 28.7 Å². The predicted molar refractivity (Wildman–Crippen MR) is 166 cm³/mol. The number of carboxylic acids is 1. The minimum absolute atomic E-state index is 0.0222. The minimum atomic E-state index is -1.53. The quantitative estimate of drug-likeness (QED) is 0.197. The number of carbonyl (C=O) groups is 4. The zero-order chi connectivity index (χ0) is 31.8. The van der Waals surface area contributed by atoms with Gasteiger partial charge in [-0.1, -0.05) is 59.6 Å². The fourth-order valence-electron chi connectivity index (χ4n) is 4.20. The average molecular weight is 644 g/mol. The monoisotopic (exact) mass is 642 g/mol. The first-order valence-corrected chi connectivity index (χ1v) is 14.2. The molecular weight excluding hydrogens is 614 g/mol. The van der Waals surface area contributed by atoms with Crippen molar-refractivity contribution in [1.82, 2.24) is 21.3 Å². The van der Waals surface area contributed by atoms with Gasteiger partial charge in [0.2, 0.25) is 5.91 Å². The van der Waals surface area contributed by atoms with Crippen LogP contribution < -0.4 is 26.6 Å². The molecule has 3 atom stereocenters. The third kappa shape index (κ3) is 8.45. The van der Waals surface area contributed by atoms with Crippen molar-refractivity contribution in [2.24, 2.45) is 4.99 Å². The van der Waals surface area contributed by atoms with Crippen LogP contribution in [0.15, 0.2) is 71.7 Å². The maximum absolute atomic E-state index is 13.3. The maximum Gasteiger partial charge on any atom is 0.328 e. The van der Waals surface area contributed by atoms with E-state index in [1.54, 1.807) is 24.3 Å². The van der Waals surface area contributed by atoms with Gasteiger partial charge in [0.15, 0.2) is 5.96 Å². The third-order valence-corrected chi connectivity index (χ3v) is 7.12. The number of amides is 3. The van der Waals surface area contributed by atoms with E-state index in [1.165, 1.54) is 19.1 Å². The Bertz CT molecular complexity index is 1570. The van der Waals surface area contributed by atoms with Gasteiger partial charge in [-0.25, -0.2) is 14.2 Å². The lowest BCUT2D eigenvalue weighted by molar-refractivity contribution is -0.139. The molecule has 44 heavy (non-hydrogen) atoms. The number of carboxylic acid groups (broad SMARTS) is 1. The van der Waals surface area contributed by atoms with E-state index in [-0.39, 0.29) is 34.3 Å². The van der Waals surface area contributed by atoms with E-state index < -0.39 is 48.5 Å². The van der Waals surface area contributed by atoms with E-state index in [4.69, 9.17) is 23.2 Å². The van der Waals surface area contributed by atoms with Crippen molar-refractivity contribution in [2.45, 2.75) is 25.2 Å². The summed E-state index contributed by atoms with van der Waals surface area (Å²) in [5, 5.41) is 22.8. The molecule has 11 nitrogen and oxygen atoms in total. The molecule has 3 aromatic rings. The van der Waals surface area contributed by atoms with Crippen molar-refractivity contribution >= 4 is 58.5 Å². The van der Waals surface area contributed by atoms with Gasteiger partial charge in [0.25, 0.3) is 11.8 Å². The molecule has 0 saturated carbocycles. The molecule has 1 aliphatic rings. The van der Waals surface area contributed by atoms with Crippen LogP contribution in [0.2, 0.25) is 10.0 Å². The standard InChI is InChI=1S/C30H29Cl2FN6O5/c1-16(37-27(41)18-8-5-9-21(10-18)38-30-35-13-20(33)14-36-30)26(40)34-15-24(29(43)44)39-28(42)25-22(31)11-19(12-23(25)32)17-6-3-2-4-7-17/h2-12,16,20,24H,13-15H2,1H3,(H,34,40)(H,37,41)(H,39,42)(H,43,44)(H2,35,36,38)/t16-,24-/m1/s1. The van der Waals surface area contributed by atoms with E-state index in [9.17, 15) is 28.7 Å². The number of aliphatic carboxylic acids is 1. The number of rotatable bonds is 10. The van der Waals surface area contributed by atoms with Gasteiger partial charge in [0.05, 0.1) is 28.7 Å². The summed E-state index contributed by atoms with van der Waals surface area (Å²) in [7, 11) is 0. The van der Waals surface area contributed by atoms with Gasteiger partial charge in [0.1, 0.15) is 18.3 Å². The van der Waals surface area contributed by atoms with Gasteiger partial charge < -0.3 is 31.7 Å². The first-order chi connectivity index (χ1) is 21.0. The number of anilines is 1. The van der Waals surface area contributed by atoms with Crippen LogP contribution in [0.5, 0.6) is 0 Å². The lowest BCUT2D eigenvalue weighted by atomic mass is 10.0. The highest BCUT2D eigenvalue weighted by molar-refractivity contribution is 6.40. The van der Waals surface area contributed by atoms with E-state index >= 15 is 0 Å². The summed E-state index contributed by atoms with van der Waals surface area (Å²) in [4.78, 5) is 54.3. The molecular formula is C30H29Cl2FN6O5. The molecule has 4 rings (SSSR count). The minimum Gasteiger partial charge on any atom is -0.480 e. The van der Waals surface area contributed by atoms with E-state index in [2.05, 4.69) is 31.6 Å². The second-order valence-corrected chi connectivity index (χ2v) is 10.7. The molecule has 0 saturated heterocycles. The number of halogens is 3. The lowest BCUT2D eigenvalue weighted by Crippen LogP contribution is -2.52. The van der Waals surface area contributed by atoms with E-state index in [0.29, 0.717) is 17.2 Å². The molecule has 0 aromatic heterocycles. The van der Waals surface area contributed by atoms with Crippen LogP contribution in [0.3, 0.4) is 0 Å². The number of hydrogen-bond acceptors (Lipinski definition) is 7. The van der Waals surface area contributed by atoms with Crippen molar-refractivity contribution in [3.05, 3.63) is 87.9 Å². The molecule has 0 aliphatic carbocycles. The van der Waals surface area contributed by atoms with Crippen LogP contribution in [0.25, 0.3) is 11.1 Å². The van der Waals surface area contributed by atoms with Crippen molar-refractivity contribution in [3.63, 3.8) is 0 Å². The van der Waals surface area contributed by atoms with Crippen molar-refractivity contribution in [2.75, 3.05) is 25.0 Å². The van der Waals surface area contributed by atoms with Crippen molar-refractivity contribution in [3.8, 4) is 11.1 Å². The molecule has 1 heterocycles. The number of alkyl halides is 1. The largest absolute Gasteiger partial charge is 0.480 e. The average Bonchev–Trinajstić information content (AvgIpc) is 3.00. The SMILES string of the molecule is C[C@@H](NC(=O)c1cccc(NC2=NCC(F)CN2)c1)C(=O)NC[C@@H](NC(=O)c1c(Cl)cc(-c2ccccc2)cc1Cl)C(=O)O. The molecule has 230 valence electrons. The lowest BCUT2D eigenvalue weighted by Gasteiger charge is -2.20. The summed E-state index contributed by atoms with van der Waals surface area (Å²) in [5.41, 5.74) is 2.14. The third-order valence-electron chi connectivity index (χ3n) is 6.53. The van der Waals surface area contributed by atoms with Crippen LogP contribution in [0.1, 0.15) is 27.6 Å². The zero-order valence-corrected chi connectivity index (χ0v) is 24.9. The zero-order valence-electron chi connectivity index (χ0n) is 23.4. The summed E-state index contributed by atoms with van der Waals surface area (Å²) in [6.07, 6.45) is -1.07. The summed E-state index contributed by atoms with van der Waals surface area (Å²) in [6.45, 7) is 1.09. The van der Waals surface area contributed by atoms with Crippen LogP contribution >= 0.6 is 23.2 Å². The van der Waals surface area contributed by atoms with Gasteiger partial charge in [-0.15, -0.1) is 0 Å². The number of benzene rings is 3. The second-order valence-electron chi connectivity index (χ2n) is 9.86. The second kappa shape index (κ2) is 14.7. The molecule has 0 fully saturated rings.